The van der Waals surface area contributed by atoms with Crippen LogP contribution in [0.25, 0.3) is 0 Å². The van der Waals surface area contributed by atoms with Crippen LogP contribution >= 0.6 is 0 Å². The van der Waals surface area contributed by atoms with Crippen molar-refractivity contribution in [2.45, 2.75) is 13.8 Å². The summed E-state index contributed by atoms with van der Waals surface area (Å²) in [7, 11) is 4.94. The van der Waals surface area contributed by atoms with Crippen LogP contribution in [0.4, 0.5) is 5.69 Å². The number of nitrogens with zero attached hydrogens (tertiary/aromatic N) is 2. The molecule has 23 heavy (non-hydrogen) atoms. The number of rotatable bonds is 6. The van der Waals surface area contributed by atoms with Crippen molar-refractivity contribution in [3.05, 3.63) is 29.6 Å². The molecule has 0 saturated heterocycles. The van der Waals surface area contributed by atoms with Gasteiger partial charge in [0.1, 0.15) is 17.2 Å². The van der Waals surface area contributed by atoms with E-state index in [0.717, 1.165) is 11.4 Å². The quantitative estimate of drug-likeness (QED) is 0.882. The standard InChI is InChI=1S/C16H21N3O4/c1-10-16(11(2)19(3)18-10)17-15(20)9-23-14-7-12(21-4)6-13(8-14)22-5/h6-8H,9H2,1-5H3,(H,17,20). The summed E-state index contributed by atoms with van der Waals surface area (Å²) in [6.45, 7) is 3.61. The van der Waals surface area contributed by atoms with Crippen LogP contribution in [-0.2, 0) is 11.8 Å². The number of hydrogen-bond donors (Lipinski definition) is 1. The average Bonchev–Trinajstić information content (AvgIpc) is 2.78. The highest BCUT2D eigenvalue weighted by atomic mass is 16.5. The lowest BCUT2D eigenvalue weighted by Gasteiger charge is -2.10. The van der Waals surface area contributed by atoms with E-state index >= 15 is 0 Å². The third-order valence-electron chi connectivity index (χ3n) is 3.47. The zero-order valence-corrected chi connectivity index (χ0v) is 14.0. The average molecular weight is 319 g/mol. The predicted molar refractivity (Wildman–Crippen MR) is 86.4 cm³/mol. The molecule has 0 saturated carbocycles. The second-order valence-corrected chi connectivity index (χ2v) is 5.05. The predicted octanol–water partition coefficient (Wildman–Crippen LogP) is 2.07. The first-order chi connectivity index (χ1) is 10.9. The molecule has 0 radical (unpaired) electrons. The molecule has 0 unspecified atom stereocenters. The van der Waals surface area contributed by atoms with Gasteiger partial charge in [0.2, 0.25) is 0 Å². The van der Waals surface area contributed by atoms with Crippen molar-refractivity contribution in [3.8, 4) is 17.2 Å². The van der Waals surface area contributed by atoms with E-state index in [1.807, 2.05) is 20.9 Å². The fourth-order valence-corrected chi connectivity index (χ4v) is 2.14. The van der Waals surface area contributed by atoms with Gasteiger partial charge >= 0.3 is 0 Å². The molecule has 124 valence electrons. The van der Waals surface area contributed by atoms with E-state index in [1.165, 1.54) is 0 Å². The van der Waals surface area contributed by atoms with Gasteiger partial charge in [-0.3, -0.25) is 9.48 Å². The third-order valence-corrected chi connectivity index (χ3v) is 3.47. The number of carbonyl (C=O) groups excluding carboxylic acids is 1. The summed E-state index contributed by atoms with van der Waals surface area (Å²) >= 11 is 0. The van der Waals surface area contributed by atoms with Crippen molar-refractivity contribution in [2.75, 3.05) is 26.1 Å². The molecule has 0 aliphatic heterocycles. The first-order valence-electron chi connectivity index (χ1n) is 7.10. The Morgan fingerprint density at radius 1 is 1.13 bits per heavy atom. The zero-order chi connectivity index (χ0) is 17.0. The summed E-state index contributed by atoms with van der Waals surface area (Å²) in [6.07, 6.45) is 0. The molecule has 0 atom stereocenters. The maximum Gasteiger partial charge on any atom is 0.262 e. The molecule has 1 N–H and O–H groups in total. The van der Waals surface area contributed by atoms with Crippen LogP contribution in [0.5, 0.6) is 17.2 Å². The second kappa shape index (κ2) is 7.04. The Balaban J connectivity index is 2.02. The number of benzene rings is 1. The molecular weight excluding hydrogens is 298 g/mol. The van der Waals surface area contributed by atoms with Gasteiger partial charge in [-0.1, -0.05) is 0 Å². The highest BCUT2D eigenvalue weighted by Crippen LogP contribution is 2.27. The molecule has 1 amide bonds. The number of amides is 1. The van der Waals surface area contributed by atoms with Crippen LogP contribution in [0.1, 0.15) is 11.4 Å². The van der Waals surface area contributed by atoms with Gasteiger partial charge < -0.3 is 19.5 Å². The van der Waals surface area contributed by atoms with Gasteiger partial charge in [0, 0.05) is 25.2 Å². The molecular formula is C16H21N3O4. The van der Waals surface area contributed by atoms with Crippen LogP contribution in [0.3, 0.4) is 0 Å². The fraction of sp³-hybridized carbons (Fsp3) is 0.375. The minimum atomic E-state index is -0.258. The Labute approximate surface area is 135 Å². The number of hydrogen-bond acceptors (Lipinski definition) is 5. The molecule has 1 aromatic carbocycles. The van der Waals surface area contributed by atoms with Crippen molar-refractivity contribution < 1.29 is 19.0 Å². The van der Waals surface area contributed by atoms with Crippen molar-refractivity contribution in [1.82, 2.24) is 9.78 Å². The number of aryl methyl sites for hydroxylation is 2. The molecule has 0 aliphatic carbocycles. The Bertz CT molecular complexity index is 687. The van der Waals surface area contributed by atoms with Crippen LogP contribution in [0.15, 0.2) is 18.2 Å². The summed E-state index contributed by atoms with van der Waals surface area (Å²) < 4.78 is 17.6. The monoisotopic (exact) mass is 319 g/mol. The summed E-state index contributed by atoms with van der Waals surface area (Å²) in [5.74, 6) is 1.43. The summed E-state index contributed by atoms with van der Waals surface area (Å²) in [5.41, 5.74) is 2.37. The van der Waals surface area contributed by atoms with Gasteiger partial charge in [-0.2, -0.15) is 5.10 Å². The maximum atomic E-state index is 12.1. The number of anilines is 1. The lowest BCUT2D eigenvalue weighted by molar-refractivity contribution is -0.118. The van der Waals surface area contributed by atoms with E-state index in [4.69, 9.17) is 14.2 Å². The summed E-state index contributed by atoms with van der Waals surface area (Å²) in [5, 5.41) is 7.07. The molecule has 1 heterocycles. The SMILES string of the molecule is COc1cc(OC)cc(OCC(=O)Nc2c(C)nn(C)c2C)c1. The van der Waals surface area contributed by atoms with E-state index in [-0.39, 0.29) is 12.5 Å². The highest BCUT2D eigenvalue weighted by Gasteiger charge is 2.13. The molecule has 2 rings (SSSR count). The van der Waals surface area contributed by atoms with Crippen molar-refractivity contribution in [1.29, 1.82) is 0 Å². The van der Waals surface area contributed by atoms with Gasteiger partial charge in [-0.15, -0.1) is 0 Å². The molecule has 7 heteroatoms. The molecule has 1 aromatic heterocycles. The van der Waals surface area contributed by atoms with Gasteiger partial charge in [0.25, 0.3) is 5.91 Å². The number of carbonyl (C=O) groups is 1. The Kier molecular flexibility index (Phi) is 5.10. The van der Waals surface area contributed by atoms with E-state index in [9.17, 15) is 4.79 Å². The number of methoxy groups -OCH3 is 2. The second-order valence-electron chi connectivity index (χ2n) is 5.05. The molecule has 7 nitrogen and oxygen atoms in total. The lowest BCUT2D eigenvalue weighted by atomic mass is 10.3. The van der Waals surface area contributed by atoms with Gasteiger partial charge in [-0.25, -0.2) is 0 Å². The molecule has 2 aromatic rings. The van der Waals surface area contributed by atoms with Crippen LogP contribution in [0.2, 0.25) is 0 Å². The van der Waals surface area contributed by atoms with Crippen LogP contribution < -0.4 is 19.5 Å². The van der Waals surface area contributed by atoms with Crippen LogP contribution in [0, 0.1) is 13.8 Å². The zero-order valence-electron chi connectivity index (χ0n) is 14.0. The van der Waals surface area contributed by atoms with Gasteiger partial charge in [0.15, 0.2) is 6.61 Å². The normalized spacial score (nSPS) is 10.3. The van der Waals surface area contributed by atoms with E-state index in [2.05, 4.69) is 10.4 Å². The van der Waals surface area contributed by atoms with Gasteiger partial charge in [-0.05, 0) is 13.8 Å². The molecule has 0 aliphatic rings. The minimum Gasteiger partial charge on any atom is -0.496 e. The first kappa shape index (κ1) is 16.7. The highest BCUT2D eigenvalue weighted by molar-refractivity contribution is 5.93. The lowest BCUT2D eigenvalue weighted by Crippen LogP contribution is -2.21. The minimum absolute atomic E-state index is 0.121. The third kappa shape index (κ3) is 3.94. The molecule has 0 fully saturated rings. The summed E-state index contributed by atoms with van der Waals surface area (Å²) in [4.78, 5) is 12.1. The largest absolute Gasteiger partial charge is 0.496 e. The van der Waals surface area contributed by atoms with E-state index in [1.54, 1.807) is 37.1 Å². The first-order valence-corrected chi connectivity index (χ1v) is 7.10. The van der Waals surface area contributed by atoms with Crippen molar-refractivity contribution in [3.63, 3.8) is 0 Å². The van der Waals surface area contributed by atoms with E-state index < -0.39 is 0 Å². The van der Waals surface area contributed by atoms with Crippen LogP contribution in [-0.4, -0.2) is 36.5 Å². The smallest absolute Gasteiger partial charge is 0.262 e. The number of aromatic nitrogens is 2. The van der Waals surface area contributed by atoms with Crippen molar-refractivity contribution in [2.24, 2.45) is 7.05 Å². The Morgan fingerprint density at radius 3 is 2.17 bits per heavy atom. The van der Waals surface area contributed by atoms with E-state index in [0.29, 0.717) is 22.9 Å². The van der Waals surface area contributed by atoms with Gasteiger partial charge in [0.05, 0.1) is 31.3 Å². The molecule has 0 bridgehead atoms. The Hall–Kier alpha value is -2.70. The van der Waals surface area contributed by atoms with Crippen molar-refractivity contribution >= 4 is 11.6 Å². The summed E-state index contributed by atoms with van der Waals surface area (Å²) in [6, 6.07) is 5.11. The maximum absolute atomic E-state index is 12.1. The topological polar surface area (TPSA) is 74.6 Å². The number of ether oxygens (including phenoxy) is 3. The molecule has 0 spiro atoms. The number of nitrogens with one attached hydrogen (secondary N) is 1. The fourth-order valence-electron chi connectivity index (χ4n) is 2.14. The Morgan fingerprint density at radius 2 is 1.70 bits per heavy atom.